The minimum Gasteiger partial charge on any atom is -0.341 e. The quantitative estimate of drug-likeness (QED) is 0.929. The zero-order valence-electron chi connectivity index (χ0n) is 10.3. The Morgan fingerprint density at radius 3 is 2.50 bits per heavy atom. The molecule has 0 fully saturated rings. The molecule has 18 heavy (non-hydrogen) atoms. The lowest BCUT2D eigenvalue weighted by Crippen LogP contribution is -2.34. The summed E-state index contributed by atoms with van der Waals surface area (Å²) in [4.78, 5) is 13.5. The zero-order valence-corrected chi connectivity index (χ0v) is 12.6. The Morgan fingerprint density at radius 1 is 1.39 bits per heavy atom. The summed E-state index contributed by atoms with van der Waals surface area (Å²) in [7, 11) is 1.75. The van der Waals surface area contributed by atoms with E-state index in [1.807, 2.05) is 13.0 Å². The van der Waals surface area contributed by atoms with Gasteiger partial charge in [-0.3, -0.25) is 4.79 Å². The number of nitrogens with zero attached hydrogens (tertiary/aromatic N) is 1. The number of halogens is 3. The molecule has 1 amide bonds. The van der Waals surface area contributed by atoms with Gasteiger partial charge in [-0.25, -0.2) is 0 Å². The highest BCUT2D eigenvalue weighted by Gasteiger charge is 2.16. The summed E-state index contributed by atoms with van der Waals surface area (Å²) in [5.41, 5.74) is 6.41. The SMILES string of the molecule is CC(CN)C(=O)N(C)Cc1ccc(Cl)c(Cl)c1.Cl. The van der Waals surface area contributed by atoms with E-state index in [4.69, 9.17) is 28.9 Å². The molecule has 1 unspecified atom stereocenters. The van der Waals surface area contributed by atoms with E-state index in [0.717, 1.165) is 5.56 Å². The van der Waals surface area contributed by atoms with Gasteiger partial charge in [-0.15, -0.1) is 12.4 Å². The molecule has 0 saturated carbocycles. The van der Waals surface area contributed by atoms with Crippen molar-refractivity contribution in [2.24, 2.45) is 11.7 Å². The van der Waals surface area contributed by atoms with E-state index in [1.165, 1.54) is 0 Å². The van der Waals surface area contributed by atoms with E-state index in [1.54, 1.807) is 24.1 Å². The van der Waals surface area contributed by atoms with E-state index in [2.05, 4.69) is 0 Å². The average molecular weight is 312 g/mol. The molecule has 1 rings (SSSR count). The summed E-state index contributed by atoms with van der Waals surface area (Å²) in [6.07, 6.45) is 0. The molecule has 0 spiro atoms. The lowest BCUT2D eigenvalue weighted by Gasteiger charge is -2.20. The van der Waals surface area contributed by atoms with E-state index in [9.17, 15) is 4.79 Å². The van der Waals surface area contributed by atoms with Crippen LogP contribution in [0.2, 0.25) is 10.0 Å². The van der Waals surface area contributed by atoms with Gasteiger partial charge in [0.15, 0.2) is 0 Å². The lowest BCUT2D eigenvalue weighted by molar-refractivity contribution is -0.133. The minimum atomic E-state index is -0.164. The Bertz CT molecular complexity index is 412. The average Bonchev–Trinajstić information content (AvgIpc) is 2.31. The predicted molar refractivity (Wildman–Crippen MR) is 78.4 cm³/mol. The van der Waals surface area contributed by atoms with Crippen LogP contribution in [0.1, 0.15) is 12.5 Å². The van der Waals surface area contributed by atoms with E-state index in [0.29, 0.717) is 23.1 Å². The number of rotatable bonds is 4. The summed E-state index contributed by atoms with van der Waals surface area (Å²) < 4.78 is 0. The summed E-state index contributed by atoms with van der Waals surface area (Å²) in [5, 5.41) is 1.01. The topological polar surface area (TPSA) is 46.3 Å². The number of benzene rings is 1. The van der Waals surface area contributed by atoms with Crippen LogP contribution in [0.4, 0.5) is 0 Å². The second-order valence-electron chi connectivity index (χ2n) is 4.08. The van der Waals surface area contributed by atoms with Crippen molar-refractivity contribution >= 4 is 41.5 Å². The van der Waals surface area contributed by atoms with Crippen molar-refractivity contribution < 1.29 is 4.79 Å². The van der Waals surface area contributed by atoms with Crippen LogP contribution in [0, 0.1) is 5.92 Å². The molecule has 2 N–H and O–H groups in total. The van der Waals surface area contributed by atoms with Gasteiger partial charge >= 0.3 is 0 Å². The van der Waals surface area contributed by atoms with E-state index in [-0.39, 0.29) is 24.2 Å². The molecular weight excluding hydrogens is 295 g/mol. The van der Waals surface area contributed by atoms with Crippen molar-refractivity contribution in [2.45, 2.75) is 13.5 Å². The Hall–Kier alpha value is -0.480. The first-order chi connectivity index (χ1) is 7.95. The van der Waals surface area contributed by atoms with Gasteiger partial charge in [0.1, 0.15) is 0 Å². The molecule has 0 radical (unpaired) electrons. The highest BCUT2D eigenvalue weighted by Crippen LogP contribution is 2.23. The third-order valence-electron chi connectivity index (χ3n) is 2.56. The van der Waals surface area contributed by atoms with Crippen molar-refractivity contribution in [3.05, 3.63) is 33.8 Å². The van der Waals surface area contributed by atoms with Gasteiger partial charge in [-0.2, -0.15) is 0 Å². The third kappa shape index (κ3) is 4.65. The van der Waals surface area contributed by atoms with Crippen molar-refractivity contribution in [1.29, 1.82) is 0 Å². The van der Waals surface area contributed by atoms with Crippen LogP contribution < -0.4 is 5.73 Å². The molecular formula is C12H17Cl3N2O. The van der Waals surface area contributed by atoms with Crippen LogP contribution >= 0.6 is 35.6 Å². The number of carbonyl (C=O) groups is 1. The van der Waals surface area contributed by atoms with E-state index >= 15 is 0 Å². The normalized spacial score (nSPS) is 11.6. The molecule has 1 aromatic carbocycles. The second-order valence-corrected chi connectivity index (χ2v) is 4.89. The largest absolute Gasteiger partial charge is 0.341 e. The first kappa shape index (κ1) is 17.5. The lowest BCUT2D eigenvalue weighted by atomic mass is 10.1. The summed E-state index contributed by atoms with van der Waals surface area (Å²) >= 11 is 11.7. The van der Waals surface area contributed by atoms with Gasteiger partial charge < -0.3 is 10.6 Å². The van der Waals surface area contributed by atoms with Crippen molar-refractivity contribution in [3.63, 3.8) is 0 Å². The molecule has 3 nitrogen and oxygen atoms in total. The fourth-order valence-corrected chi connectivity index (χ4v) is 1.79. The maximum Gasteiger partial charge on any atom is 0.226 e. The Kier molecular flexibility index (Phi) is 7.64. The fourth-order valence-electron chi connectivity index (χ4n) is 1.47. The molecule has 0 aliphatic rings. The number of hydrogen-bond donors (Lipinski definition) is 1. The Morgan fingerprint density at radius 2 is 2.00 bits per heavy atom. The van der Waals surface area contributed by atoms with Crippen molar-refractivity contribution in [2.75, 3.05) is 13.6 Å². The summed E-state index contributed by atoms with van der Waals surface area (Å²) in [6, 6.07) is 5.34. The molecule has 6 heteroatoms. The van der Waals surface area contributed by atoms with Crippen LogP contribution in [-0.2, 0) is 11.3 Å². The standard InChI is InChI=1S/C12H16Cl2N2O.ClH/c1-8(6-15)12(17)16(2)7-9-3-4-10(13)11(14)5-9;/h3-5,8H,6-7,15H2,1-2H3;1H. The molecule has 0 heterocycles. The monoisotopic (exact) mass is 310 g/mol. The Labute approximate surface area is 124 Å². The molecule has 0 aliphatic heterocycles. The second kappa shape index (κ2) is 7.85. The molecule has 0 bridgehead atoms. The van der Waals surface area contributed by atoms with Crippen molar-refractivity contribution in [1.82, 2.24) is 4.90 Å². The van der Waals surface area contributed by atoms with Gasteiger partial charge in [0.2, 0.25) is 5.91 Å². The first-order valence-electron chi connectivity index (χ1n) is 5.34. The zero-order chi connectivity index (χ0) is 13.0. The fraction of sp³-hybridized carbons (Fsp3) is 0.417. The third-order valence-corrected chi connectivity index (χ3v) is 3.29. The number of amides is 1. The Balaban J connectivity index is 0.00000289. The molecule has 0 aromatic heterocycles. The van der Waals surface area contributed by atoms with E-state index < -0.39 is 0 Å². The van der Waals surface area contributed by atoms with Gasteiger partial charge in [0.25, 0.3) is 0 Å². The number of nitrogens with two attached hydrogens (primary N) is 1. The van der Waals surface area contributed by atoms with Gasteiger partial charge in [0.05, 0.1) is 10.0 Å². The highest BCUT2D eigenvalue weighted by molar-refractivity contribution is 6.42. The maximum atomic E-state index is 11.8. The van der Waals surface area contributed by atoms with Crippen LogP contribution in [0.3, 0.4) is 0 Å². The number of hydrogen-bond acceptors (Lipinski definition) is 2. The van der Waals surface area contributed by atoms with Crippen LogP contribution in [-0.4, -0.2) is 24.4 Å². The van der Waals surface area contributed by atoms with Gasteiger partial charge in [-0.05, 0) is 17.7 Å². The van der Waals surface area contributed by atoms with Gasteiger partial charge in [0, 0.05) is 26.1 Å². The predicted octanol–water partition coefficient (Wildman–Crippen LogP) is 2.97. The maximum absolute atomic E-state index is 11.8. The first-order valence-corrected chi connectivity index (χ1v) is 6.10. The molecule has 0 aliphatic carbocycles. The molecule has 102 valence electrons. The molecule has 0 saturated heterocycles. The highest BCUT2D eigenvalue weighted by atomic mass is 35.5. The summed E-state index contributed by atoms with van der Waals surface area (Å²) in [5.74, 6) is -0.138. The molecule has 1 atom stereocenters. The number of carbonyl (C=O) groups excluding carboxylic acids is 1. The minimum absolute atomic E-state index is 0. The van der Waals surface area contributed by atoms with Crippen molar-refractivity contribution in [3.8, 4) is 0 Å². The van der Waals surface area contributed by atoms with Crippen LogP contribution in [0.25, 0.3) is 0 Å². The smallest absolute Gasteiger partial charge is 0.226 e. The summed E-state index contributed by atoms with van der Waals surface area (Å²) in [6.45, 7) is 2.66. The van der Waals surface area contributed by atoms with Crippen LogP contribution in [0.5, 0.6) is 0 Å². The van der Waals surface area contributed by atoms with Gasteiger partial charge in [-0.1, -0.05) is 36.2 Å². The molecule has 1 aromatic rings. The van der Waals surface area contributed by atoms with Crippen LogP contribution in [0.15, 0.2) is 18.2 Å².